The molecule has 0 radical (unpaired) electrons. The average Bonchev–Trinajstić information content (AvgIpc) is 2.62. The van der Waals surface area contributed by atoms with Gasteiger partial charge < -0.3 is 10.3 Å². The van der Waals surface area contributed by atoms with Crippen molar-refractivity contribution < 1.29 is 4.79 Å². The molecular weight excluding hydrogens is 235 g/mol. The maximum absolute atomic E-state index is 11.1. The number of nitrogens with one attached hydrogen (secondary N) is 2. The number of alkyl halides is 1. The monoisotopic (exact) mass is 242 g/mol. The predicted octanol–water partition coefficient (Wildman–Crippen LogP) is 3.00. The van der Waals surface area contributed by atoms with Crippen molar-refractivity contribution in [1.29, 1.82) is 0 Å². The summed E-state index contributed by atoms with van der Waals surface area (Å²) in [5.74, 6) is -0.305. The normalized spacial score (nSPS) is 10.5. The number of benzene rings is 1. The molecule has 0 unspecified atom stereocenters. The topological polar surface area (TPSA) is 44.9 Å². The van der Waals surface area contributed by atoms with Crippen LogP contribution in [0.5, 0.6) is 0 Å². The molecule has 3 nitrogen and oxygen atoms in total. The fraction of sp³-hybridized carbons (Fsp3) is 0.100. The van der Waals surface area contributed by atoms with Gasteiger partial charge in [0.2, 0.25) is 5.91 Å². The quantitative estimate of drug-likeness (QED) is 0.782. The molecule has 0 aliphatic carbocycles. The van der Waals surface area contributed by atoms with E-state index >= 15 is 0 Å². The Hall–Kier alpha value is -1.19. The molecule has 1 aromatic carbocycles. The zero-order valence-electron chi connectivity index (χ0n) is 7.68. The van der Waals surface area contributed by atoms with E-state index in [-0.39, 0.29) is 11.8 Å². The lowest BCUT2D eigenvalue weighted by molar-refractivity contribution is -0.113. The minimum absolute atomic E-state index is 0.0647. The van der Waals surface area contributed by atoms with Gasteiger partial charge in [-0.05, 0) is 6.07 Å². The van der Waals surface area contributed by atoms with E-state index in [9.17, 15) is 4.79 Å². The number of rotatable bonds is 2. The standard InChI is InChI=1S/C10H8Cl2N2O/c11-4-9(15)14-8-3-1-2-6-7(12)5-13-10(6)8/h1-3,5,13H,4H2,(H,14,15). The first-order valence-corrected chi connectivity index (χ1v) is 5.25. The van der Waals surface area contributed by atoms with Gasteiger partial charge in [-0.3, -0.25) is 4.79 Å². The lowest BCUT2D eigenvalue weighted by Gasteiger charge is -2.03. The zero-order chi connectivity index (χ0) is 10.8. The van der Waals surface area contributed by atoms with Gasteiger partial charge >= 0.3 is 0 Å². The van der Waals surface area contributed by atoms with E-state index < -0.39 is 0 Å². The van der Waals surface area contributed by atoms with Crippen molar-refractivity contribution in [3.05, 3.63) is 29.4 Å². The highest BCUT2D eigenvalue weighted by Crippen LogP contribution is 2.28. The van der Waals surface area contributed by atoms with E-state index in [2.05, 4.69) is 10.3 Å². The van der Waals surface area contributed by atoms with Crippen LogP contribution in [0.25, 0.3) is 10.9 Å². The molecule has 1 heterocycles. The number of aromatic amines is 1. The highest BCUT2D eigenvalue weighted by Gasteiger charge is 2.07. The Balaban J connectivity index is 2.47. The van der Waals surface area contributed by atoms with Crippen molar-refractivity contribution >= 4 is 45.7 Å². The maximum Gasteiger partial charge on any atom is 0.239 e. The molecule has 0 atom stereocenters. The molecular formula is C10H8Cl2N2O. The van der Waals surface area contributed by atoms with Crippen LogP contribution >= 0.6 is 23.2 Å². The number of para-hydroxylation sites is 1. The van der Waals surface area contributed by atoms with E-state index in [1.807, 2.05) is 12.1 Å². The molecule has 0 saturated heterocycles. The Morgan fingerprint density at radius 3 is 3.00 bits per heavy atom. The van der Waals surface area contributed by atoms with Crippen molar-refractivity contribution in [1.82, 2.24) is 4.98 Å². The molecule has 1 aromatic heterocycles. The summed E-state index contributed by atoms with van der Waals surface area (Å²) >= 11 is 11.4. The summed E-state index contributed by atoms with van der Waals surface area (Å²) in [5, 5.41) is 4.20. The molecule has 2 rings (SSSR count). The molecule has 78 valence electrons. The summed E-state index contributed by atoms with van der Waals surface area (Å²) in [7, 11) is 0. The molecule has 2 aromatic rings. The number of anilines is 1. The lowest BCUT2D eigenvalue weighted by atomic mass is 10.2. The average molecular weight is 243 g/mol. The predicted molar refractivity (Wildman–Crippen MR) is 62.7 cm³/mol. The van der Waals surface area contributed by atoms with Crippen molar-refractivity contribution in [3.8, 4) is 0 Å². The third-order valence-corrected chi connectivity index (χ3v) is 2.62. The third kappa shape index (κ3) is 1.94. The molecule has 15 heavy (non-hydrogen) atoms. The van der Waals surface area contributed by atoms with Gasteiger partial charge in [0, 0.05) is 11.6 Å². The second-order valence-electron chi connectivity index (χ2n) is 3.05. The highest BCUT2D eigenvalue weighted by atomic mass is 35.5. The molecule has 0 fully saturated rings. The molecule has 0 saturated carbocycles. The summed E-state index contributed by atoms with van der Waals surface area (Å²) in [5.41, 5.74) is 1.49. The Morgan fingerprint density at radius 2 is 2.27 bits per heavy atom. The van der Waals surface area contributed by atoms with Crippen LogP contribution < -0.4 is 5.32 Å². The lowest BCUT2D eigenvalue weighted by Crippen LogP contribution is -2.12. The fourth-order valence-corrected chi connectivity index (χ4v) is 1.69. The number of aromatic nitrogens is 1. The van der Waals surface area contributed by atoms with Gasteiger partial charge in [0.15, 0.2) is 0 Å². The van der Waals surface area contributed by atoms with Gasteiger partial charge in [0.05, 0.1) is 16.2 Å². The molecule has 0 spiro atoms. The molecule has 1 amide bonds. The van der Waals surface area contributed by atoms with Crippen LogP contribution in [0.15, 0.2) is 24.4 Å². The van der Waals surface area contributed by atoms with Crippen LogP contribution in [0.3, 0.4) is 0 Å². The first kappa shape index (κ1) is 10.3. The van der Waals surface area contributed by atoms with E-state index in [0.29, 0.717) is 10.7 Å². The SMILES string of the molecule is O=C(CCl)Nc1cccc2c(Cl)c[nH]c12. The van der Waals surface area contributed by atoms with Crippen LogP contribution in [-0.2, 0) is 4.79 Å². The minimum Gasteiger partial charge on any atom is -0.358 e. The molecule has 0 aliphatic rings. The van der Waals surface area contributed by atoms with Crippen LogP contribution in [0, 0.1) is 0 Å². The van der Waals surface area contributed by atoms with Gasteiger partial charge in [0.1, 0.15) is 5.88 Å². The minimum atomic E-state index is -0.241. The summed E-state index contributed by atoms with van der Waals surface area (Å²) in [6.07, 6.45) is 1.68. The molecule has 2 N–H and O–H groups in total. The van der Waals surface area contributed by atoms with E-state index in [1.165, 1.54) is 0 Å². The van der Waals surface area contributed by atoms with Gasteiger partial charge in [-0.15, -0.1) is 11.6 Å². The van der Waals surface area contributed by atoms with Gasteiger partial charge in [-0.2, -0.15) is 0 Å². The molecule has 0 aliphatic heterocycles. The summed E-state index contributed by atoms with van der Waals surface area (Å²) in [4.78, 5) is 14.1. The Labute approximate surface area is 96.4 Å². The van der Waals surface area contributed by atoms with E-state index in [0.717, 1.165) is 10.9 Å². The largest absolute Gasteiger partial charge is 0.358 e. The Morgan fingerprint density at radius 1 is 1.47 bits per heavy atom. The first-order valence-electron chi connectivity index (χ1n) is 4.34. The van der Waals surface area contributed by atoms with Crippen molar-refractivity contribution in [3.63, 3.8) is 0 Å². The second kappa shape index (κ2) is 4.13. The summed E-state index contributed by atoms with van der Waals surface area (Å²) in [6, 6.07) is 5.50. The van der Waals surface area contributed by atoms with Crippen LogP contribution in [-0.4, -0.2) is 16.8 Å². The van der Waals surface area contributed by atoms with E-state index in [4.69, 9.17) is 23.2 Å². The summed E-state index contributed by atoms with van der Waals surface area (Å²) < 4.78 is 0. The van der Waals surface area contributed by atoms with Crippen LogP contribution in [0.4, 0.5) is 5.69 Å². The maximum atomic E-state index is 11.1. The van der Waals surface area contributed by atoms with Crippen molar-refractivity contribution in [2.75, 3.05) is 11.2 Å². The number of H-pyrrole nitrogens is 1. The molecule has 5 heteroatoms. The number of hydrogen-bond donors (Lipinski definition) is 2. The number of amides is 1. The van der Waals surface area contributed by atoms with Gasteiger partial charge in [-0.1, -0.05) is 23.7 Å². The number of carbonyl (C=O) groups is 1. The number of carbonyl (C=O) groups excluding carboxylic acids is 1. The van der Waals surface area contributed by atoms with E-state index in [1.54, 1.807) is 12.3 Å². The van der Waals surface area contributed by atoms with Gasteiger partial charge in [-0.25, -0.2) is 0 Å². The highest BCUT2D eigenvalue weighted by molar-refractivity contribution is 6.36. The van der Waals surface area contributed by atoms with Crippen molar-refractivity contribution in [2.45, 2.75) is 0 Å². The first-order chi connectivity index (χ1) is 7.22. The van der Waals surface area contributed by atoms with Crippen LogP contribution in [0.2, 0.25) is 5.02 Å². The Kier molecular flexibility index (Phi) is 2.84. The number of fused-ring (bicyclic) bond motifs is 1. The zero-order valence-corrected chi connectivity index (χ0v) is 9.19. The second-order valence-corrected chi connectivity index (χ2v) is 3.72. The number of halogens is 2. The molecule has 0 bridgehead atoms. The van der Waals surface area contributed by atoms with Crippen LogP contribution in [0.1, 0.15) is 0 Å². The summed E-state index contributed by atoms with van der Waals surface area (Å²) in [6.45, 7) is 0. The smallest absolute Gasteiger partial charge is 0.239 e. The van der Waals surface area contributed by atoms with Gasteiger partial charge in [0.25, 0.3) is 0 Å². The Bertz CT molecular complexity index is 507. The number of hydrogen-bond acceptors (Lipinski definition) is 1. The fourth-order valence-electron chi connectivity index (χ4n) is 1.41. The van der Waals surface area contributed by atoms with Crippen molar-refractivity contribution in [2.24, 2.45) is 0 Å². The third-order valence-electron chi connectivity index (χ3n) is 2.06.